The summed E-state index contributed by atoms with van der Waals surface area (Å²) in [4.78, 5) is 42.7. The summed E-state index contributed by atoms with van der Waals surface area (Å²) in [5.74, 6) is -1.14. The molecule has 0 unspecified atom stereocenters. The van der Waals surface area contributed by atoms with E-state index in [1.54, 1.807) is 18.2 Å². The molecule has 5 rings (SSSR count). The number of hydrogen-bond acceptors (Lipinski definition) is 9. The van der Waals surface area contributed by atoms with Crippen LogP contribution in [0, 0.1) is 5.92 Å². The average Bonchev–Trinajstić information content (AvgIpc) is 3.72. The fourth-order valence-electron chi connectivity index (χ4n) is 3.89. The minimum Gasteiger partial charge on any atom is -0.494 e. The van der Waals surface area contributed by atoms with Crippen LogP contribution in [-0.4, -0.2) is 47.0 Å². The topological polar surface area (TPSA) is 147 Å². The fourth-order valence-corrected chi connectivity index (χ4v) is 4.74. The number of nitrogens with one attached hydrogen (secondary N) is 4. The number of nitrogens with zero attached hydrogens (tertiary/aromatic N) is 3. The molecule has 40 heavy (non-hydrogen) atoms. The Morgan fingerprint density at radius 1 is 1.05 bits per heavy atom. The average molecular weight is 561 g/mol. The minimum absolute atomic E-state index is 0.0819. The third kappa shape index (κ3) is 6.07. The normalized spacial score (nSPS) is 13.8. The van der Waals surface area contributed by atoms with Gasteiger partial charge in [-0.05, 0) is 30.5 Å². The molecule has 1 aliphatic carbocycles. The maximum atomic E-state index is 12.8. The van der Waals surface area contributed by atoms with Crippen LogP contribution < -0.4 is 26.0 Å². The smallest absolute Gasteiger partial charge is 0.273 e. The van der Waals surface area contributed by atoms with Crippen LogP contribution in [0.1, 0.15) is 42.7 Å². The van der Waals surface area contributed by atoms with Crippen LogP contribution in [0.4, 0.5) is 17.2 Å². The molecule has 2 heterocycles. The van der Waals surface area contributed by atoms with Gasteiger partial charge in [0.1, 0.15) is 9.88 Å². The van der Waals surface area contributed by atoms with Crippen molar-refractivity contribution in [1.82, 2.24) is 25.8 Å². The molecule has 0 saturated heterocycles. The van der Waals surface area contributed by atoms with Gasteiger partial charge in [-0.1, -0.05) is 36.4 Å². The zero-order valence-electron chi connectivity index (χ0n) is 24.4. The van der Waals surface area contributed by atoms with E-state index in [9.17, 15) is 14.4 Å². The molecule has 1 saturated carbocycles. The van der Waals surface area contributed by atoms with Gasteiger partial charge in [-0.3, -0.25) is 14.4 Å². The molecule has 0 atom stereocenters. The van der Waals surface area contributed by atoms with Crippen molar-refractivity contribution in [1.29, 1.82) is 0 Å². The molecule has 2 aromatic carbocycles. The van der Waals surface area contributed by atoms with E-state index in [1.165, 1.54) is 30.7 Å². The van der Waals surface area contributed by atoms with Crippen LogP contribution >= 0.6 is 11.3 Å². The van der Waals surface area contributed by atoms with E-state index in [-0.39, 0.29) is 34.9 Å². The summed E-state index contributed by atoms with van der Waals surface area (Å²) >= 11 is 1.18. The van der Waals surface area contributed by atoms with E-state index in [4.69, 9.17) is 8.85 Å². The van der Waals surface area contributed by atoms with Gasteiger partial charge in [-0.15, -0.1) is 21.5 Å². The summed E-state index contributed by atoms with van der Waals surface area (Å²) < 4.78 is 27.9. The largest absolute Gasteiger partial charge is 0.494 e. The lowest BCUT2D eigenvalue weighted by molar-refractivity contribution is -0.117. The van der Waals surface area contributed by atoms with Crippen LogP contribution in [0.5, 0.6) is 5.75 Å². The number of aromatic nitrogens is 3. The third-order valence-corrected chi connectivity index (χ3v) is 7.10. The maximum Gasteiger partial charge on any atom is 0.273 e. The first kappa shape index (κ1) is 23.1. The number of benzene rings is 2. The van der Waals surface area contributed by atoms with Crippen molar-refractivity contribution >= 4 is 46.3 Å². The summed E-state index contributed by atoms with van der Waals surface area (Å²) in [7, 11) is 1.46. The molecule has 0 aliphatic heterocycles. The number of rotatable bonds is 10. The number of anilines is 3. The zero-order valence-corrected chi connectivity index (χ0v) is 22.2. The van der Waals surface area contributed by atoms with Crippen molar-refractivity contribution in [2.75, 3.05) is 24.7 Å². The van der Waals surface area contributed by atoms with Crippen molar-refractivity contribution in [3.05, 3.63) is 76.9 Å². The van der Waals surface area contributed by atoms with Crippen LogP contribution in [0.2, 0.25) is 0 Å². The molecule has 204 valence electrons. The lowest BCUT2D eigenvalue weighted by Gasteiger charge is -2.16. The summed E-state index contributed by atoms with van der Waals surface area (Å²) in [5.41, 5.74) is 1.70. The quantitative estimate of drug-likeness (QED) is 0.228. The second-order valence-corrected chi connectivity index (χ2v) is 9.95. The first-order chi connectivity index (χ1) is 20.6. The Bertz CT molecular complexity index is 1660. The molecule has 3 amide bonds. The number of carbonyl (C=O) groups excluding carboxylic acids is 3. The number of thiazole rings is 1. The summed E-state index contributed by atoms with van der Waals surface area (Å²) in [6.45, 7) is -2.39. The fraction of sp³-hybridized carbons (Fsp3) is 0.214. The molecule has 0 radical (unpaired) electrons. The summed E-state index contributed by atoms with van der Waals surface area (Å²) in [5, 5.41) is 18.8. The van der Waals surface area contributed by atoms with Crippen molar-refractivity contribution in [3.8, 4) is 16.3 Å². The van der Waals surface area contributed by atoms with E-state index in [2.05, 4.69) is 31.1 Å². The molecule has 1 aliphatic rings. The lowest BCUT2D eigenvalue weighted by atomic mass is 10.1. The van der Waals surface area contributed by atoms with Gasteiger partial charge in [0.15, 0.2) is 17.3 Å². The first-order valence-electron chi connectivity index (χ1n) is 13.8. The highest BCUT2D eigenvalue weighted by Gasteiger charge is 2.30. The Kier molecular flexibility index (Phi) is 6.87. The molecule has 1 fully saturated rings. The molecule has 0 bridgehead atoms. The number of amides is 3. The van der Waals surface area contributed by atoms with Gasteiger partial charge in [-0.25, -0.2) is 4.98 Å². The Labute approximate surface area is 238 Å². The monoisotopic (exact) mass is 560 g/mol. The van der Waals surface area contributed by atoms with Gasteiger partial charge in [-0.2, -0.15) is 0 Å². The molecule has 11 nitrogen and oxygen atoms in total. The van der Waals surface area contributed by atoms with Crippen molar-refractivity contribution in [3.63, 3.8) is 0 Å². The number of ether oxygens (including phenoxy) is 1. The summed E-state index contributed by atoms with van der Waals surface area (Å²) in [6, 6.07) is 16.1. The predicted molar refractivity (Wildman–Crippen MR) is 152 cm³/mol. The highest BCUT2D eigenvalue weighted by atomic mass is 32.1. The molecular formula is C28H27N7O4S. The standard InChI is InChI=1S/C28H27N7O4S/c1-29-27(38)23-20(13-22(34-35-23)33-25(36)17-11-12-17)32-19-10-6-9-18(24(19)39-2)28-31-15-21(40-28)26(37)30-14-16-7-4-3-5-8-16/h3-10,13,15,17H,11-12,14H2,1-2H3,(H,29,38)(H,30,37)(H2,32,33,34,36)/i1D3. The van der Waals surface area contributed by atoms with Gasteiger partial charge >= 0.3 is 0 Å². The maximum absolute atomic E-state index is 12.8. The van der Waals surface area contributed by atoms with Crippen LogP contribution in [0.3, 0.4) is 0 Å². The number of para-hydroxylation sites is 1. The molecule has 2 aromatic heterocycles. The van der Waals surface area contributed by atoms with Crippen LogP contribution in [0.15, 0.2) is 60.8 Å². The van der Waals surface area contributed by atoms with E-state index in [0.717, 1.165) is 18.4 Å². The molecule has 4 N–H and O–H groups in total. The van der Waals surface area contributed by atoms with Crippen LogP contribution in [-0.2, 0) is 11.3 Å². The Hall–Kier alpha value is -4.84. The van der Waals surface area contributed by atoms with E-state index >= 15 is 0 Å². The van der Waals surface area contributed by atoms with Gasteiger partial charge in [0.05, 0.1) is 30.2 Å². The predicted octanol–water partition coefficient (Wildman–Crippen LogP) is 3.99. The molecule has 4 aromatic rings. The third-order valence-electron chi connectivity index (χ3n) is 6.07. The zero-order chi connectivity index (χ0) is 30.6. The Balaban J connectivity index is 1.41. The second-order valence-electron chi connectivity index (χ2n) is 8.92. The molecule has 12 heteroatoms. The Morgan fingerprint density at radius 2 is 1.88 bits per heavy atom. The number of hydrogen-bond donors (Lipinski definition) is 4. The highest BCUT2D eigenvalue weighted by molar-refractivity contribution is 7.17. The van der Waals surface area contributed by atoms with Gasteiger partial charge in [0.2, 0.25) is 5.91 Å². The minimum atomic E-state index is -2.76. The molecule has 0 spiro atoms. The van der Waals surface area contributed by atoms with Crippen molar-refractivity contribution in [2.24, 2.45) is 5.92 Å². The van der Waals surface area contributed by atoms with Crippen molar-refractivity contribution < 1.29 is 23.2 Å². The van der Waals surface area contributed by atoms with E-state index in [1.807, 2.05) is 35.6 Å². The lowest BCUT2D eigenvalue weighted by Crippen LogP contribution is -2.22. The van der Waals surface area contributed by atoms with E-state index < -0.39 is 12.9 Å². The van der Waals surface area contributed by atoms with Gasteiger partial charge in [0, 0.05) is 29.6 Å². The van der Waals surface area contributed by atoms with Crippen LogP contribution in [0.25, 0.3) is 10.6 Å². The SMILES string of the molecule is [2H]C([2H])([2H])NC(=O)c1nnc(NC(=O)C2CC2)cc1Nc1cccc(-c2ncc(C(=O)NCc3ccccc3)s2)c1OC. The number of carbonyl (C=O) groups is 3. The highest BCUT2D eigenvalue weighted by Crippen LogP contribution is 2.40. The molecular weight excluding hydrogens is 530 g/mol. The Morgan fingerprint density at radius 3 is 2.62 bits per heavy atom. The number of methoxy groups -OCH3 is 1. The first-order valence-corrected chi connectivity index (χ1v) is 13.2. The summed E-state index contributed by atoms with van der Waals surface area (Å²) in [6.07, 6.45) is 3.04. The van der Waals surface area contributed by atoms with Gasteiger partial charge in [0.25, 0.3) is 11.8 Å². The second kappa shape index (κ2) is 11.9. The van der Waals surface area contributed by atoms with E-state index in [0.29, 0.717) is 33.4 Å². The van der Waals surface area contributed by atoms with Gasteiger partial charge < -0.3 is 26.0 Å². The van der Waals surface area contributed by atoms with Crippen molar-refractivity contribution in [2.45, 2.75) is 19.4 Å².